The van der Waals surface area contributed by atoms with Gasteiger partial charge in [-0.2, -0.15) is 18.3 Å². The highest BCUT2D eigenvalue weighted by atomic mass is 19.4. The van der Waals surface area contributed by atoms with E-state index in [0.29, 0.717) is 5.69 Å². The molecule has 1 unspecified atom stereocenters. The molecule has 13 heteroatoms. The third-order valence-corrected chi connectivity index (χ3v) is 5.77. The van der Waals surface area contributed by atoms with Crippen LogP contribution < -0.4 is 5.32 Å². The minimum atomic E-state index is -4.83. The van der Waals surface area contributed by atoms with Gasteiger partial charge in [0.05, 0.1) is 23.9 Å². The number of hydrogen-bond donors (Lipinski definition) is 2. The normalized spacial score (nSPS) is 16.3. The van der Waals surface area contributed by atoms with E-state index in [9.17, 15) is 32.7 Å². The predicted octanol–water partition coefficient (Wildman–Crippen LogP) is 2.84. The number of hydrogen-bond acceptors (Lipinski definition) is 6. The monoisotopic (exact) mass is 539 g/mol. The zero-order valence-corrected chi connectivity index (χ0v) is 21.5. The number of nitrogens with zero attached hydrogens (tertiary/aromatic N) is 4. The number of ether oxygens (including phenoxy) is 1. The lowest BCUT2D eigenvalue weighted by Crippen LogP contribution is -2.58. The molecule has 1 saturated heterocycles. The highest BCUT2D eigenvalue weighted by molar-refractivity contribution is 5.95. The predicted molar refractivity (Wildman–Crippen MR) is 131 cm³/mol. The van der Waals surface area contributed by atoms with Gasteiger partial charge in [-0.1, -0.05) is 18.2 Å². The molecule has 3 amide bonds. The number of para-hydroxylation sites is 1. The van der Waals surface area contributed by atoms with Gasteiger partial charge in [0.1, 0.15) is 5.60 Å². The lowest BCUT2D eigenvalue weighted by molar-refractivity contribution is -0.141. The molecular weight excluding hydrogens is 507 g/mol. The molecule has 10 nitrogen and oxygen atoms in total. The number of rotatable bonds is 7. The van der Waals surface area contributed by atoms with Gasteiger partial charge in [0, 0.05) is 38.8 Å². The van der Waals surface area contributed by atoms with Crippen molar-refractivity contribution >= 4 is 17.9 Å². The van der Waals surface area contributed by atoms with Crippen molar-refractivity contribution in [1.82, 2.24) is 24.9 Å². The van der Waals surface area contributed by atoms with Crippen molar-refractivity contribution in [1.29, 1.82) is 0 Å². The van der Waals surface area contributed by atoms with Crippen LogP contribution in [-0.4, -0.2) is 87.0 Å². The third-order valence-electron chi connectivity index (χ3n) is 5.77. The maximum atomic E-state index is 13.5. The Kier molecular flexibility index (Phi) is 9.02. The molecule has 2 heterocycles. The average Bonchev–Trinajstić information content (AvgIpc) is 3.32. The van der Waals surface area contributed by atoms with Crippen LogP contribution in [0.15, 0.2) is 36.5 Å². The van der Waals surface area contributed by atoms with Crippen molar-refractivity contribution < 1.29 is 37.4 Å². The van der Waals surface area contributed by atoms with Gasteiger partial charge in [-0.15, -0.1) is 0 Å². The van der Waals surface area contributed by atoms with Crippen molar-refractivity contribution in [3.8, 4) is 5.69 Å². The van der Waals surface area contributed by atoms with Crippen LogP contribution in [0, 0.1) is 0 Å². The lowest BCUT2D eigenvalue weighted by atomic mass is 10.1. The summed E-state index contributed by atoms with van der Waals surface area (Å²) in [4.78, 5) is 40.5. The number of piperazine rings is 1. The fourth-order valence-electron chi connectivity index (χ4n) is 3.98. The first-order valence-corrected chi connectivity index (χ1v) is 12.2. The Morgan fingerprint density at radius 3 is 2.42 bits per heavy atom. The zero-order valence-electron chi connectivity index (χ0n) is 21.5. The molecule has 1 aromatic carbocycles. The number of amides is 3. The summed E-state index contributed by atoms with van der Waals surface area (Å²) in [6.45, 7) is 5.38. The van der Waals surface area contributed by atoms with Crippen LogP contribution in [0.4, 0.5) is 18.0 Å². The second-order valence-electron chi connectivity index (χ2n) is 9.88. The van der Waals surface area contributed by atoms with Gasteiger partial charge < -0.3 is 25.0 Å². The molecule has 3 rings (SSSR count). The Balaban J connectivity index is 1.54. The number of halogens is 3. The highest BCUT2D eigenvalue weighted by Gasteiger charge is 2.39. The van der Waals surface area contributed by atoms with Gasteiger partial charge in [0.2, 0.25) is 5.91 Å². The minimum Gasteiger partial charge on any atom is -0.444 e. The summed E-state index contributed by atoms with van der Waals surface area (Å²) < 4.78 is 46.9. The molecule has 0 saturated carbocycles. The van der Waals surface area contributed by atoms with E-state index >= 15 is 0 Å². The third kappa shape index (κ3) is 7.46. The van der Waals surface area contributed by atoms with E-state index in [-0.39, 0.29) is 51.5 Å². The Morgan fingerprint density at radius 1 is 1.13 bits per heavy atom. The van der Waals surface area contributed by atoms with E-state index in [4.69, 9.17) is 4.74 Å². The number of carbonyl (C=O) groups excluding carboxylic acids is 3. The minimum absolute atomic E-state index is 0.00137. The van der Waals surface area contributed by atoms with Gasteiger partial charge in [0.15, 0.2) is 5.69 Å². The van der Waals surface area contributed by atoms with E-state index in [1.165, 1.54) is 9.80 Å². The maximum Gasteiger partial charge on any atom is 0.435 e. The number of alkyl halides is 3. The van der Waals surface area contributed by atoms with E-state index in [0.717, 1.165) is 10.9 Å². The number of aromatic nitrogens is 2. The first-order chi connectivity index (χ1) is 17.8. The summed E-state index contributed by atoms with van der Waals surface area (Å²) in [7, 11) is 0. The first-order valence-electron chi connectivity index (χ1n) is 12.2. The Labute approximate surface area is 218 Å². The second-order valence-corrected chi connectivity index (χ2v) is 9.88. The zero-order chi connectivity index (χ0) is 28.1. The lowest BCUT2D eigenvalue weighted by Gasteiger charge is -2.41. The molecule has 0 spiro atoms. The number of aliphatic hydroxyl groups excluding tert-OH is 1. The summed E-state index contributed by atoms with van der Waals surface area (Å²) in [5.74, 6) is -1.25. The molecule has 38 heavy (non-hydrogen) atoms. The van der Waals surface area contributed by atoms with Crippen molar-refractivity contribution in [2.45, 2.75) is 51.4 Å². The van der Waals surface area contributed by atoms with Crippen LogP contribution in [-0.2, 0) is 15.7 Å². The fourth-order valence-corrected chi connectivity index (χ4v) is 3.98. The topological polar surface area (TPSA) is 117 Å². The van der Waals surface area contributed by atoms with Crippen LogP contribution in [0.1, 0.15) is 49.7 Å². The number of benzene rings is 1. The van der Waals surface area contributed by atoms with E-state index < -0.39 is 41.1 Å². The summed E-state index contributed by atoms with van der Waals surface area (Å²) in [6, 6.07) is 7.49. The SMILES string of the molecule is CC(C)(C)OC(=O)N1CCN(C(=O)CCCNC(=O)c2cn(-c3ccccc3)nc2C(F)(F)F)C(CO)C1. The maximum absolute atomic E-state index is 13.5. The molecule has 0 radical (unpaired) electrons. The number of aliphatic hydroxyl groups is 1. The van der Waals surface area contributed by atoms with Gasteiger partial charge in [-0.25, -0.2) is 9.48 Å². The van der Waals surface area contributed by atoms with Crippen LogP contribution >= 0.6 is 0 Å². The summed E-state index contributed by atoms with van der Waals surface area (Å²) >= 11 is 0. The standard InChI is InChI=1S/C25H32F3N5O5/c1-24(2,3)38-23(37)31-12-13-32(18(14-31)16-34)20(35)10-7-11-29-22(36)19-15-33(17-8-5-4-6-9-17)30-21(19)25(26,27)28/h4-6,8-9,15,18,34H,7,10-14,16H2,1-3H3,(H,29,36). The molecule has 1 aromatic heterocycles. The second kappa shape index (κ2) is 11.8. The van der Waals surface area contributed by atoms with E-state index in [1.54, 1.807) is 51.1 Å². The molecule has 0 aliphatic carbocycles. The van der Waals surface area contributed by atoms with Crippen LogP contribution in [0.25, 0.3) is 5.69 Å². The first kappa shape index (κ1) is 29.0. The number of nitrogens with one attached hydrogen (secondary N) is 1. The molecule has 1 atom stereocenters. The van der Waals surface area contributed by atoms with E-state index in [2.05, 4.69) is 10.4 Å². The average molecular weight is 540 g/mol. The van der Waals surface area contributed by atoms with Crippen LogP contribution in [0.2, 0.25) is 0 Å². The quantitative estimate of drug-likeness (QED) is 0.523. The Morgan fingerprint density at radius 2 is 1.82 bits per heavy atom. The largest absolute Gasteiger partial charge is 0.444 e. The van der Waals surface area contributed by atoms with Gasteiger partial charge >= 0.3 is 12.3 Å². The highest BCUT2D eigenvalue weighted by Crippen LogP contribution is 2.31. The van der Waals surface area contributed by atoms with E-state index in [1.807, 2.05) is 0 Å². The molecule has 1 fully saturated rings. The molecule has 1 aliphatic heterocycles. The summed E-state index contributed by atoms with van der Waals surface area (Å²) in [6.07, 6.45) is -4.17. The molecule has 0 bridgehead atoms. The number of carbonyl (C=O) groups is 3. The molecule has 2 N–H and O–H groups in total. The molecule has 1 aliphatic rings. The summed E-state index contributed by atoms with van der Waals surface area (Å²) in [5.41, 5.74) is -2.23. The van der Waals surface area contributed by atoms with Crippen molar-refractivity contribution in [3.05, 3.63) is 47.8 Å². The van der Waals surface area contributed by atoms with Crippen molar-refractivity contribution in [2.75, 3.05) is 32.8 Å². The smallest absolute Gasteiger partial charge is 0.435 e. The molecule has 2 aromatic rings. The summed E-state index contributed by atoms with van der Waals surface area (Å²) in [5, 5.41) is 15.7. The van der Waals surface area contributed by atoms with Gasteiger partial charge in [-0.3, -0.25) is 9.59 Å². The molecule has 208 valence electrons. The molecular formula is C25H32F3N5O5. The van der Waals surface area contributed by atoms with Crippen LogP contribution in [0.3, 0.4) is 0 Å². The van der Waals surface area contributed by atoms with Crippen molar-refractivity contribution in [2.24, 2.45) is 0 Å². The fraction of sp³-hybridized carbons (Fsp3) is 0.520. The van der Waals surface area contributed by atoms with Crippen LogP contribution in [0.5, 0.6) is 0 Å². The Bertz CT molecular complexity index is 1130. The Hall–Kier alpha value is -3.61. The van der Waals surface area contributed by atoms with Crippen molar-refractivity contribution in [3.63, 3.8) is 0 Å². The van der Waals surface area contributed by atoms with Gasteiger partial charge in [0.25, 0.3) is 5.91 Å². The van der Waals surface area contributed by atoms with Gasteiger partial charge in [-0.05, 0) is 39.3 Å².